The number of amides is 1. The number of benzene rings is 2. The van der Waals surface area contributed by atoms with Gasteiger partial charge in [-0.15, -0.1) is 0 Å². The van der Waals surface area contributed by atoms with E-state index in [9.17, 15) is 13.2 Å². The molecule has 0 bridgehead atoms. The lowest BCUT2D eigenvalue weighted by molar-refractivity contribution is -0.119. The number of hydrazone groups is 1. The van der Waals surface area contributed by atoms with Gasteiger partial charge in [-0.25, -0.2) is 0 Å². The minimum Gasteiger partial charge on any atom is -0.484 e. The van der Waals surface area contributed by atoms with Crippen LogP contribution in [0, 0.1) is 0 Å². The standard InChI is InChI=1S/C16H16ClN3O4S/c1-11(12-2-6-14(7-3-12)24-10-16(18)21)19-20-25(22,23)15-8-4-13(17)5-9-15/h2-9,20H,10H2,1H3,(H2,18,21). The number of carbonyl (C=O) groups is 1. The fraction of sp³-hybridized carbons (Fsp3) is 0.125. The molecule has 9 heteroatoms. The maximum Gasteiger partial charge on any atom is 0.276 e. The molecule has 2 rings (SSSR count). The average molecular weight is 382 g/mol. The number of nitrogens with zero attached hydrogens (tertiary/aromatic N) is 1. The average Bonchev–Trinajstić information content (AvgIpc) is 2.59. The molecule has 0 saturated heterocycles. The summed E-state index contributed by atoms with van der Waals surface area (Å²) in [4.78, 5) is 12.9. The fourth-order valence-electron chi connectivity index (χ4n) is 1.81. The zero-order chi connectivity index (χ0) is 18.4. The molecule has 0 heterocycles. The molecule has 0 saturated carbocycles. The molecule has 0 spiro atoms. The third-order valence-electron chi connectivity index (χ3n) is 3.11. The van der Waals surface area contributed by atoms with Crippen LogP contribution < -0.4 is 15.3 Å². The molecule has 7 nitrogen and oxygen atoms in total. The maximum atomic E-state index is 12.2. The number of primary amides is 1. The van der Waals surface area contributed by atoms with Crippen molar-refractivity contribution >= 4 is 33.2 Å². The first kappa shape index (κ1) is 18.8. The van der Waals surface area contributed by atoms with Crippen LogP contribution in [-0.2, 0) is 14.8 Å². The Morgan fingerprint density at radius 3 is 2.32 bits per heavy atom. The highest BCUT2D eigenvalue weighted by atomic mass is 35.5. The number of sulfonamides is 1. The number of hydrogen-bond donors (Lipinski definition) is 2. The summed E-state index contributed by atoms with van der Waals surface area (Å²) >= 11 is 5.74. The van der Waals surface area contributed by atoms with E-state index in [1.807, 2.05) is 0 Å². The van der Waals surface area contributed by atoms with E-state index < -0.39 is 15.9 Å². The molecule has 0 aromatic heterocycles. The molecule has 0 aliphatic rings. The van der Waals surface area contributed by atoms with Gasteiger partial charge in [0.2, 0.25) is 0 Å². The SMILES string of the molecule is CC(=NNS(=O)(=O)c1ccc(Cl)cc1)c1ccc(OCC(N)=O)cc1. The summed E-state index contributed by atoms with van der Waals surface area (Å²) in [5, 5.41) is 4.34. The van der Waals surface area contributed by atoms with Gasteiger partial charge >= 0.3 is 0 Å². The molecule has 1 amide bonds. The number of carbonyl (C=O) groups excluding carboxylic acids is 1. The summed E-state index contributed by atoms with van der Waals surface area (Å²) in [6.45, 7) is 1.44. The summed E-state index contributed by atoms with van der Waals surface area (Å²) in [6, 6.07) is 12.4. The highest BCUT2D eigenvalue weighted by molar-refractivity contribution is 7.89. The number of ether oxygens (including phenoxy) is 1. The van der Waals surface area contributed by atoms with Crippen molar-refractivity contribution in [1.29, 1.82) is 0 Å². The van der Waals surface area contributed by atoms with Gasteiger partial charge in [0.15, 0.2) is 6.61 Å². The number of nitrogens with two attached hydrogens (primary N) is 1. The predicted molar refractivity (Wildman–Crippen MR) is 95.1 cm³/mol. The van der Waals surface area contributed by atoms with Crippen LogP contribution in [0.25, 0.3) is 0 Å². The first-order valence-corrected chi connectivity index (χ1v) is 8.97. The first-order valence-electron chi connectivity index (χ1n) is 7.11. The Hall–Kier alpha value is -2.58. The van der Waals surface area contributed by atoms with Gasteiger partial charge < -0.3 is 10.5 Å². The number of halogens is 1. The van der Waals surface area contributed by atoms with Crippen molar-refractivity contribution in [3.05, 3.63) is 59.1 Å². The quantitative estimate of drug-likeness (QED) is 0.563. The largest absolute Gasteiger partial charge is 0.484 e. The Morgan fingerprint density at radius 2 is 1.76 bits per heavy atom. The molecule has 132 valence electrons. The van der Waals surface area contributed by atoms with Crippen LogP contribution in [0.4, 0.5) is 0 Å². The summed E-state index contributed by atoms with van der Waals surface area (Å²) in [7, 11) is -3.78. The molecule has 2 aromatic carbocycles. The normalized spacial score (nSPS) is 11.8. The van der Waals surface area contributed by atoms with Crippen molar-refractivity contribution in [2.45, 2.75) is 11.8 Å². The van der Waals surface area contributed by atoms with Crippen molar-refractivity contribution in [1.82, 2.24) is 4.83 Å². The second-order valence-electron chi connectivity index (χ2n) is 5.03. The van der Waals surface area contributed by atoms with E-state index in [2.05, 4.69) is 9.93 Å². The van der Waals surface area contributed by atoms with Crippen molar-refractivity contribution in [2.75, 3.05) is 6.61 Å². The Kier molecular flexibility index (Phi) is 6.00. The molecule has 0 radical (unpaired) electrons. The van der Waals surface area contributed by atoms with E-state index in [4.69, 9.17) is 22.1 Å². The molecular weight excluding hydrogens is 366 g/mol. The third kappa shape index (κ3) is 5.47. The van der Waals surface area contributed by atoms with Crippen molar-refractivity contribution < 1.29 is 17.9 Å². The maximum absolute atomic E-state index is 12.2. The molecule has 0 unspecified atom stereocenters. The van der Waals surface area contributed by atoms with Crippen LogP contribution in [0.2, 0.25) is 5.02 Å². The number of nitrogens with one attached hydrogen (secondary N) is 1. The molecule has 2 aromatic rings. The topological polar surface area (TPSA) is 111 Å². The Morgan fingerprint density at radius 1 is 1.16 bits per heavy atom. The molecule has 3 N–H and O–H groups in total. The van der Waals surface area contributed by atoms with Crippen LogP contribution in [0.5, 0.6) is 5.75 Å². The molecule has 0 aliphatic heterocycles. The molecule has 0 fully saturated rings. The van der Waals surface area contributed by atoms with Gasteiger partial charge in [-0.3, -0.25) is 4.79 Å². The summed E-state index contributed by atoms with van der Waals surface area (Å²) in [6.07, 6.45) is 0. The Bertz CT molecular complexity index is 879. The summed E-state index contributed by atoms with van der Waals surface area (Å²) in [5.41, 5.74) is 6.14. The van der Waals surface area contributed by atoms with Crippen molar-refractivity contribution in [3.63, 3.8) is 0 Å². The number of rotatable bonds is 7. The summed E-state index contributed by atoms with van der Waals surface area (Å²) in [5.74, 6) is -0.101. The van der Waals surface area contributed by atoms with E-state index in [0.29, 0.717) is 22.0 Å². The monoisotopic (exact) mass is 381 g/mol. The van der Waals surface area contributed by atoms with Crippen LogP contribution in [-0.4, -0.2) is 26.6 Å². The lowest BCUT2D eigenvalue weighted by atomic mass is 10.1. The van der Waals surface area contributed by atoms with Crippen molar-refractivity contribution in [3.8, 4) is 5.75 Å². The van der Waals surface area contributed by atoms with Gasteiger partial charge in [0.05, 0.1) is 10.6 Å². The lowest BCUT2D eigenvalue weighted by Gasteiger charge is -2.07. The van der Waals surface area contributed by atoms with Crippen LogP contribution >= 0.6 is 11.6 Å². The van der Waals surface area contributed by atoms with Crippen LogP contribution in [0.15, 0.2) is 58.5 Å². The zero-order valence-electron chi connectivity index (χ0n) is 13.3. The fourth-order valence-corrected chi connectivity index (χ4v) is 2.79. The Balaban J connectivity index is 2.07. The molecule has 25 heavy (non-hydrogen) atoms. The van der Waals surface area contributed by atoms with E-state index >= 15 is 0 Å². The summed E-state index contributed by atoms with van der Waals surface area (Å²) < 4.78 is 29.5. The van der Waals surface area contributed by atoms with Gasteiger partial charge in [-0.2, -0.15) is 18.4 Å². The van der Waals surface area contributed by atoms with Crippen LogP contribution in [0.1, 0.15) is 12.5 Å². The van der Waals surface area contributed by atoms with Crippen molar-refractivity contribution in [2.24, 2.45) is 10.8 Å². The molecule has 0 aliphatic carbocycles. The number of hydrogen-bond acceptors (Lipinski definition) is 5. The van der Waals surface area contributed by atoms with Gasteiger partial charge in [0.1, 0.15) is 5.75 Å². The van der Waals surface area contributed by atoms with Gasteiger partial charge in [-0.1, -0.05) is 11.6 Å². The second kappa shape index (κ2) is 8.00. The van der Waals surface area contributed by atoms with Gasteiger partial charge in [0.25, 0.3) is 15.9 Å². The molecular formula is C16H16ClN3O4S. The van der Waals surface area contributed by atoms with Gasteiger partial charge in [0, 0.05) is 5.02 Å². The smallest absolute Gasteiger partial charge is 0.276 e. The predicted octanol–water partition coefficient (Wildman–Crippen LogP) is 1.91. The van der Waals surface area contributed by atoms with E-state index in [1.54, 1.807) is 31.2 Å². The van der Waals surface area contributed by atoms with E-state index in [-0.39, 0.29) is 11.5 Å². The highest BCUT2D eigenvalue weighted by Gasteiger charge is 2.12. The second-order valence-corrected chi connectivity index (χ2v) is 7.12. The zero-order valence-corrected chi connectivity index (χ0v) is 14.8. The minimum absolute atomic E-state index is 0.0589. The highest BCUT2D eigenvalue weighted by Crippen LogP contribution is 2.15. The van der Waals surface area contributed by atoms with Crippen LogP contribution in [0.3, 0.4) is 0 Å². The van der Waals surface area contributed by atoms with Gasteiger partial charge in [-0.05, 0) is 61.0 Å². The third-order valence-corrected chi connectivity index (χ3v) is 4.59. The molecule has 0 atom stereocenters. The lowest BCUT2D eigenvalue weighted by Crippen LogP contribution is -2.20. The Labute approximate surface area is 150 Å². The first-order chi connectivity index (χ1) is 11.8. The van der Waals surface area contributed by atoms with E-state index in [0.717, 1.165) is 0 Å². The minimum atomic E-state index is -3.78. The van der Waals surface area contributed by atoms with E-state index in [1.165, 1.54) is 24.3 Å².